The number of carbonyl (C=O) groups is 1. The van der Waals surface area contributed by atoms with Crippen LogP contribution in [0.4, 0.5) is 5.69 Å². The molecule has 17 heavy (non-hydrogen) atoms. The molecule has 0 saturated heterocycles. The second-order valence-electron chi connectivity index (χ2n) is 3.91. The van der Waals surface area contributed by atoms with Gasteiger partial charge in [-0.3, -0.25) is 10.1 Å². The Morgan fingerprint density at radius 3 is 2.65 bits per heavy atom. The van der Waals surface area contributed by atoms with Crippen molar-refractivity contribution >= 4 is 11.7 Å². The second-order valence-corrected chi connectivity index (χ2v) is 3.91. The minimum absolute atomic E-state index is 0.102. The maximum Gasteiger partial charge on any atom is 0.342 e. The summed E-state index contributed by atoms with van der Waals surface area (Å²) in [7, 11) is 0. The number of benzene rings is 1. The highest BCUT2D eigenvalue weighted by Gasteiger charge is 2.23. The van der Waals surface area contributed by atoms with Crippen LogP contribution in [0.2, 0.25) is 0 Å². The van der Waals surface area contributed by atoms with Gasteiger partial charge in [-0.25, -0.2) is 4.79 Å². The van der Waals surface area contributed by atoms with E-state index in [4.69, 9.17) is 9.84 Å². The first-order chi connectivity index (χ1) is 8.08. The van der Waals surface area contributed by atoms with Gasteiger partial charge in [-0.2, -0.15) is 0 Å². The van der Waals surface area contributed by atoms with Gasteiger partial charge in [-0.05, 0) is 31.4 Å². The van der Waals surface area contributed by atoms with Crippen LogP contribution >= 0.6 is 0 Å². The molecule has 1 aliphatic carbocycles. The standard InChI is InChI=1S/C11H11NO5/c13-11(14)9-5-4-8(6-10(9)12(15)16)17-7-2-1-3-7/h4-7H,1-3H2,(H,13,14). The minimum atomic E-state index is -1.31. The number of rotatable bonds is 4. The summed E-state index contributed by atoms with van der Waals surface area (Å²) >= 11 is 0. The van der Waals surface area contributed by atoms with Gasteiger partial charge < -0.3 is 9.84 Å². The monoisotopic (exact) mass is 237 g/mol. The molecular weight excluding hydrogens is 226 g/mol. The lowest BCUT2D eigenvalue weighted by Gasteiger charge is -2.26. The zero-order chi connectivity index (χ0) is 12.4. The van der Waals surface area contributed by atoms with E-state index in [1.54, 1.807) is 0 Å². The predicted octanol–water partition coefficient (Wildman–Crippen LogP) is 2.22. The Kier molecular flexibility index (Phi) is 2.95. The van der Waals surface area contributed by atoms with Gasteiger partial charge in [0.1, 0.15) is 11.3 Å². The SMILES string of the molecule is O=C(O)c1ccc(OC2CCC2)cc1[N+](=O)[O-]. The van der Waals surface area contributed by atoms with Crippen LogP contribution in [-0.2, 0) is 0 Å². The molecule has 1 aromatic carbocycles. The first kappa shape index (κ1) is 11.4. The summed E-state index contributed by atoms with van der Waals surface area (Å²) in [6.45, 7) is 0. The first-order valence-electron chi connectivity index (χ1n) is 5.26. The first-order valence-corrected chi connectivity index (χ1v) is 5.26. The molecule has 0 bridgehead atoms. The summed E-state index contributed by atoms with van der Waals surface area (Å²) < 4.78 is 5.48. The van der Waals surface area contributed by atoms with E-state index in [9.17, 15) is 14.9 Å². The van der Waals surface area contributed by atoms with Gasteiger partial charge in [0, 0.05) is 0 Å². The summed E-state index contributed by atoms with van der Waals surface area (Å²) in [5.41, 5.74) is -0.759. The van der Waals surface area contributed by atoms with Crippen molar-refractivity contribution < 1.29 is 19.6 Å². The number of hydrogen-bond acceptors (Lipinski definition) is 4. The van der Waals surface area contributed by atoms with Crippen LogP contribution in [0.25, 0.3) is 0 Å². The van der Waals surface area contributed by atoms with E-state index in [1.807, 2.05) is 0 Å². The zero-order valence-electron chi connectivity index (χ0n) is 8.96. The third-order valence-corrected chi connectivity index (χ3v) is 2.75. The van der Waals surface area contributed by atoms with Gasteiger partial charge in [-0.15, -0.1) is 0 Å². The molecule has 1 saturated carbocycles. The molecule has 0 spiro atoms. The summed E-state index contributed by atoms with van der Waals surface area (Å²) in [4.78, 5) is 20.8. The lowest BCUT2D eigenvalue weighted by molar-refractivity contribution is -0.385. The molecule has 6 nitrogen and oxygen atoms in total. The van der Waals surface area contributed by atoms with Crippen molar-refractivity contribution in [2.75, 3.05) is 0 Å². The van der Waals surface area contributed by atoms with Crippen LogP contribution in [0.15, 0.2) is 18.2 Å². The summed E-state index contributed by atoms with van der Waals surface area (Å²) in [5.74, 6) is -0.960. The Morgan fingerprint density at radius 2 is 2.18 bits per heavy atom. The van der Waals surface area contributed by atoms with Crippen LogP contribution < -0.4 is 4.74 Å². The summed E-state index contributed by atoms with van der Waals surface area (Å²) in [6.07, 6.45) is 3.08. The Labute approximate surface area is 97.0 Å². The largest absolute Gasteiger partial charge is 0.490 e. The molecular formula is C11H11NO5. The fourth-order valence-electron chi connectivity index (χ4n) is 1.60. The fraction of sp³-hybridized carbons (Fsp3) is 0.364. The van der Waals surface area contributed by atoms with Gasteiger partial charge in [0.25, 0.3) is 5.69 Å². The molecule has 0 heterocycles. The van der Waals surface area contributed by atoms with Crippen molar-refractivity contribution in [1.82, 2.24) is 0 Å². The normalized spacial score (nSPS) is 15.1. The fourth-order valence-corrected chi connectivity index (χ4v) is 1.60. The highest BCUT2D eigenvalue weighted by molar-refractivity contribution is 5.92. The highest BCUT2D eigenvalue weighted by Crippen LogP contribution is 2.29. The Bertz CT molecular complexity index is 467. The molecule has 0 aliphatic heterocycles. The van der Waals surface area contributed by atoms with E-state index in [0.717, 1.165) is 19.3 Å². The van der Waals surface area contributed by atoms with E-state index < -0.39 is 16.6 Å². The molecule has 1 aliphatic rings. The summed E-state index contributed by atoms with van der Waals surface area (Å²) in [5, 5.41) is 19.5. The molecule has 6 heteroatoms. The Balaban J connectivity index is 2.27. The zero-order valence-corrected chi connectivity index (χ0v) is 8.96. The third kappa shape index (κ3) is 2.35. The molecule has 0 unspecified atom stereocenters. The number of carboxylic acid groups (broad SMARTS) is 1. The number of ether oxygens (including phenoxy) is 1. The van der Waals surface area contributed by atoms with E-state index in [0.29, 0.717) is 5.75 Å². The topological polar surface area (TPSA) is 89.7 Å². The van der Waals surface area contributed by atoms with Gasteiger partial charge >= 0.3 is 5.97 Å². The van der Waals surface area contributed by atoms with Crippen LogP contribution in [0.3, 0.4) is 0 Å². The van der Waals surface area contributed by atoms with Crippen molar-refractivity contribution in [3.63, 3.8) is 0 Å². The highest BCUT2D eigenvalue weighted by atomic mass is 16.6. The average Bonchev–Trinajstić information content (AvgIpc) is 2.23. The van der Waals surface area contributed by atoms with Crippen molar-refractivity contribution in [3.8, 4) is 5.75 Å². The number of nitro benzene ring substituents is 1. The molecule has 0 amide bonds. The number of carboxylic acids is 1. The van der Waals surface area contributed by atoms with Crippen molar-refractivity contribution in [2.45, 2.75) is 25.4 Å². The molecule has 2 rings (SSSR count). The average molecular weight is 237 g/mol. The smallest absolute Gasteiger partial charge is 0.342 e. The number of hydrogen-bond donors (Lipinski definition) is 1. The van der Waals surface area contributed by atoms with Crippen molar-refractivity contribution in [2.24, 2.45) is 0 Å². The van der Waals surface area contributed by atoms with Crippen LogP contribution in [0, 0.1) is 10.1 Å². The molecule has 1 N–H and O–H groups in total. The van der Waals surface area contributed by atoms with Gasteiger partial charge in [0.05, 0.1) is 17.1 Å². The van der Waals surface area contributed by atoms with E-state index >= 15 is 0 Å². The van der Waals surface area contributed by atoms with Gasteiger partial charge in [-0.1, -0.05) is 0 Å². The predicted molar refractivity (Wildman–Crippen MR) is 58.3 cm³/mol. The maximum absolute atomic E-state index is 10.8. The molecule has 0 radical (unpaired) electrons. The molecule has 1 aromatic rings. The van der Waals surface area contributed by atoms with Crippen LogP contribution in [-0.4, -0.2) is 22.1 Å². The van der Waals surface area contributed by atoms with E-state index in [1.165, 1.54) is 18.2 Å². The Hall–Kier alpha value is -2.11. The molecule has 90 valence electrons. The lowest BCUT2D eigenvalue weighted by atomic mass is 9.96. The van der Waals surface area contributed by atoms with Gasteiger partial charge in [0.2, 0.25) is 0 Å². The number of nitro groups is 1. The van der Waals surface area contributed by atoms with Gasteiger partial charge in [0.15, 0.2) is 0 Å². The summed E-state index contributed by atoms with van der Waals surface area (Å²) in [6, 6.07) is 3.82. The lowest BCUT2D eigenvalue weighted by Crippen LogP contribution is -2.24. The van der Waals surface area contributed by atoms with E-state index in [2.05, 4.69) is 0 Å². The Morgan fingerprint density at radius 1 is 1.47 bits per heavy atom. The van der Waals surface area contributed by atoms with Crippen molar-refractivity contribution in [3.05, 3.63) is 33.9 Å². The molecule has 0 aromatic heterocycles. The van der Waals surface area contributed by atoms with Crippen LogP contribution in [0.1, 0.15) is 29.6 Å². The van der Waals surface area contributed by atoms with Crippen molar-refractivity contribution in [1.29, 1.82) is 0 Å². The minimum Gasteiger partial charge on any atom is -0.490 e. The molecule has 1 fully saturated rings. The quantitative estimate of drug-likeness (QED) is 0.640. The maximum atomic E-state index is 10.8. The second kappa shape index (κ2) is 4.40. The van der Waals surface area contributed by atoms with Crippen LogP contribution in [0.5, 0.6) is 5.75 Å². The number of nitrogens with zero attached hydrogens (tertiary/aromatic N) is 1. The molecule has 0 atom stereocenters. The third-order valence-electron chi connectivity index (χ3n) is 2.75. The van der Waals surface area contributed by atoms with E-state index in [-0.39, 0.29) is 11.7 Å². The number of aromatic carboxylic acids is 1.